The molecular formula is C17H19NO3. The maximum Gasteiger partial charge on any atom is 0.308 e. The van der Waals surface area contributed by atoms with Crippen LogP contribution in [-0.2, 0) is 16.0 Å². The SMILES string of the molecule is CC(CN(C)C(=O)Cc1cccc2ccccc12)C(=O)O. The van der Waals surface area contributed by atoms with Gasteiger partial charge in [0.2, 0.25) is 5.91 Å². The quantitative estimate of drug-likeness (QED) is 0.918. The number of nitrogens with zero attached hydrogens (tertiary/aromatic N) is 1. The van der Waals surface area contributed by atoms with Crippen molar-refractivity contribution < 1.29 is 14.7 Å². The lowest BCUT2D eigenvalue weighted by atomic mass is 10.0. The first-order valence-electron chi connectivity index (χ1n) is 6.92. The van der Waals surface area contributed by atoms with E-state index in [4.69, 9.17) is 5.11 Å². The average molecular weight is 285 g/mol. The second kappa shape index (κ2) is 6.39. The Balaban J connectivity index is 2.13. The summed E-state index contributed by atoms with van der Waals surface area (Å²) in [7, 11) is 1.65. The van der Waals surface area contributed by atoms with E-state index in [-0.39, 0.29) is 18.9 Å². The highest BCUT2D eigenvalue weighted by Gasteiger charge is 2.18. The Labute approximate surface area is 124 Å². The second-order valence-corrected chi connectivity index (χ2v) is 5.33. The van der Waals surface area contributed by atoms with E-state index in [1.54, 1.807) is 14.0 Å². The maximum atomic E-state index is 12.2. The van der Waals surface area contributed by atoms with Crippen molar-refractivity contribution in [2.75, 3.05) is 13.6 Å². The van der Waals surface area contributed by atoms with Crippen LogP contribution in [0.3, 0.4) is 0 Å². The molecule has 2 rings (SSSR count). The highest BCUT2D eigenvalue weighted by atomic mass is 16.4. The molecule has 0 aliphatic carbocycles. The third-order valence-electron chi connectivity index (χ3n) is 3.62. The highest BCUT2D eigenvalue weighted by Crippen LogP contribution is 2.19. The molecule has 1 atom stereocenters. The van der Waals surface area contributed by atoms with Crippen LogP contribution in [0.15, 0.2) is 42.5 Å². The number of carbonyl (C=O) groups excluding carboxylic acids is 1. The van der Waals surface area contributed by atoms with Gasteiger partial charge in [-0.05, 0) is 16.3 Å². The van der Waals surface area contributed by atoms with Gasteiger partial charge < -0.3 is 10.0 Å². The summed E-state index contributed by atoms with van der Waals surface area (Å²) in [6.07, 6.45) is 0.282. The molecule has 0 heterocycles. The standard InChI is InChI=1S/C17H19NO3/c1-12(17(20)21)11-18(2)16(19)10-14-8-5-7-13-6-3-4-9-15(13)14/h3-9,12H,10-11H2,1-2H3,(H,20,21). The number of carboxylic acid groups (broad SMARTS) is 1. The molecule has 0 saturated heterocycles. The lowest BCUT2D eigenvalue weighted by Crippen LogP contribution is -2.34. The van der Waals surface area contributed by atoms with Crippen molar-refractivity contribution in [2.24, 2.45) is 5.92 Å². The fourth-order valence-electron chi connectivity index (χ4n) is 2.34. The number of hydrogen-bond donors (Lipinski definition) is 1. The molecule has 4 nitrogen and oxygen atoms in total. The smallest absolute Gasteiger partial charge is 0.308 e. The molecule has 110 valence electrons. The number of likely N-dealkylation sites (N-methyl/N-ethyl adjacent to an activating group) is 1. The van der Waals surface area contributed by atoms with E-state index in [0.717, 1.165) is 16.3 Å². The molecule has 0 fully saturated rings. The normalized spacial score (nSPS) is 12.1. The number of amides is 1. The fourth-order valence-corrected chi connectivity index (χ4v) is 2.34. The molecule has 0 bridgehead atoms. The zero-order valence-corrected chi connectivity index (χ0v) is 12.2. The Bertz CT molecular complexity index is 661. The van der Waals surface area contributed by atoms with Gasteiger partial charge >= 0.3 is 5.97 Å². The van der Waals surface area contributed by atoms with Crippen molar-refractivity contribution in [1.29, 1.82) is 0 Å². The van der Waals surface area contributed by atoms with Crippen LogP contribution in [0.25, 0.3) is 10.8 Å². The minimum Gasteiger partial charge on any atom is -0.481 e. The van der Waals surface area contributed by atoms with Gasteiger partial charge in [0.05, 0.1) is 12.3 Å². The summed E-state index contributed by atoms with van der Waals surface area (Å²) < 4.78 is 0. The minimum absolute atomic E-state index is 0.0700. The Morgan fingerprint density at radius 2 is 1.81 bits per heavy atom. The van der Waals surface area contributed by atoms with Crippen LogP contribution in [0.1, 0.15) is 12.5 Å². The summed E-state index contributed by atoms with van der Waals surface area (Å²) >= 11 is 0. The fraction of sp³-hybridized carbons (Fsp3) is 0.294. The van der Waals surface area contributed by atoms with E-state index in [1.807, 2.05) is 42.5 Å². The Morgan fingerprint density at radius 3 is 2.52 bits per heavy atom. The first kappa shape index (κ1) is 15.0. The van der Waals surface area contributed by atoms with Crippen LogP contribution in [0.4, 0.5) is 0 Å². The number of carbonyl (C=O) groups is 2. The third kappa shape index (κ3) is 3.60. The zero-order chi connectivity index (χ0) is 15.4. The van der Waals surface area contributed by atoms with Gasteiger partial charge in [-0.1, -0.05) is 49.4 Å². The number of hydrogen-bond acceptors (Lipinski definition) is 2. The van der Waals surface area contributed by atoms with E-state index in [9.17, 15) is 9.59 Å². The van der Waals surface area contributed by atoms with E-state index < -0.39 is 11.9 Å². The lowest BCUT2D eigenvalue weighted by Gasteiger charge is -2.20. The van der Waals surface area contributed by atoms with Crippen LogP contribution in [0.2, 0.25) is 0 Å². The van der Waals surface area contributed by atoms with Gasteiger partial charge in [0.15, 0.2) is 0 Å². The molecule has 2 aromatic rings. The molecule has 21 heavy (non-hydrogen) atoms. The topological polar surface area (TPSA) is 57.6 Å². The van der Waals surface area contributed by atoms with Crippen LogP contribution in [0, 0.1) is 5.92 Å². The summed E-state index contributed by atoms with van der Waals surface area (Å²) in [5.74, 6) is -1.52. The van der Waals surface area contributed by atoms with Gasteiger partial charge in [0.1, 0.15) is 0 Å². The zero-order valence-electron chi connectivity index (χ0n) is 12.2. The highest BCUT2D eigenvalue weighted by molar-refractivity contribution is 5.90. The van der Waals surface area contributed by atoms with Gasteiger partial charge in [-0.3, -0.25) is 9.59 Å². The van der Waals surface area contributed by atoms with Crippen LogP contribution >= 0.6 is 0 Å². The first-order chi connectivity index (χ1) is 9.99. The van der Waals surface area contributed by atoms with Gasteiger partial charge in [0.25, 0.3) is 0 Å². The summed E-state index contributed by atoms with van der Waals surface area (Å²) in [4.78, 5) is 24.6. The van der Waals surface area contributed by atoms with Crippen molar-refractivity contribution in [3.8, 4) is 0 Å². The molecule has 4 heteroatoms. The van der Waals surface area contributed by atoms with E-state index >= 15 is 0 Å². The summed E-state index contributed by atoms with van der Waals surface area (Å²) in [5.41, 5.74) is 0.966. The maximum absolute atomic E-state index is 12.2. The molecule has 0 radical (unpaired) electrons. The third-order valence-corrected chi connectivity index (χ3v) is 3.62. The molecule has 0 aliphatic rings. The van der Waals surface area contributed by atoms with Crippen molar-refractivity contribution in [3.05, 3.63) is 48.0 Å². The molecular weight excluding hydrogens is 266 g/mol. The predicted molar refractivity (Wildman–Crippen MR) is 82.1 cm³/mol. The number of aliphatic carboxylic acids is 1. The average Bonchev–Trinajstić information content (AvgIpc) is 2.47. The molecule has 0 spiro atoms. The molecule has 0 aliphatic heterocycles. The van der Waals surface area contributed by atoms with Crippen molar-refractivity contribution >= 4 is 22.6 Å². The van der Waals surface area contributed by atoms with Gasteiger partial charge in [-0.25, -0.2) is 0 Å². The van der Waals surface area contributed by atoms with Gasteiger partial charge in [0, 0.05) is 13.6 Å². The van der Waals surface area contributed by atoms with Crippen LogP contribution in [-0.4, -0.2) is 35.5 Å². The van der Waals surface area contributed by atoms with Gasteiger partial charge in [-0.2, -0.15) is 0 Å². The predicted octanol–water partition coefficient (Wildman–Crippen LogP) is 2.56. The van der Waals surface area contributed by atoms with Crippen LogP contribution < -0.4 is 0 Å². The Kier molecular flexibility index (Phi) is 4.58. The molecule has 1 amide bonds. The monoisotopic (exact) mass is 285 g/mol. The van der Waals surface area contributed by atoms with Crippen molar-refractivity contribution in [3.63, 3.8) is 0 Å². The molecule has 1 unspecified atom stereocenters. The summed E-state index contributed by atoms with van der Waals surface area (Å²) in [5, 5.41) is 11.1. The van der Waals surface area contributed by atoms with Crippen molar-refractivity contribution in [1.82, 2.24) is 4.90 Å². The lowest BCUT2D eigenvalue weighted by molar-refractivity contribution is -0.142. The molecule has 2 aromatic carbocycles. The largest absolute Gasteiger partial charge is 0.481 e. The minimum atomic E-state index is -0.889. The second-order valence-electron chi connectivity index (χ2n) is 5.33. The molecule has 1 N–H and O–H groups in total. The van der Waals surface area contributed by atoms with E-state index in [2.05, 4.69) is 0 Å². The Morgan fingerprint density at radius 1 is 1.14 bits per heavy atom. The number of rotatable bonds is 5. The van der Waals surface area contributed by atoms with E-state index in [0.29, 0.717) is 0 Å². The van der Waals surface area contributed by atoms with Gasteiger partial charge in [-0.15, -0.1) is 0 Å². The molecule has 0 aromatic heterocycles. The number of benzene rings is 2. The summed E-state index contributed by atoms with van der Waals surface area (Å²) in [6.45, 7) is 1.82. The summed E-state index contributed by atoms with van der Waals surface area (Å²) in [6, 6.07) is 13.8. The van der Waals surface area contributed by atoms with Crippen LogP contribution in [0.5, 0.6) is 0 Å². The van der Waals surface area contributed by atoms with E-state index in [1.165, 1.54) is 4.90 Å². The molecule has 0 saturated carbocycles. The van der Waals surface area contributed by atoms with Crippen molar-refractivity contribution in [2.45, 2.75) is 13.3 Å². The number of fused-ring (bicyclic) bond motifs is 1. The number of carboxylic acids is 1. The first-order valence-corrected chi connectivity index (χ1v) is 6.92. The Hall–Kier alpha value is -2.36.